The lowest BCUT2D eigenvalue weighted by Gasteiger charge is -2.06. The highest BCUT2D eigenvalue weighted by molar-refractivity contribution is 5.85. The van der Waals surface area contributed by atoms with Crippen molar-refractivity contribution in [2.75, 3.05) is 0 Å². The van der Waals surface area contributed by atoms with Crippen LogP contribution in [-0.4, -0.2) is 9.78 Å². The summed E-state index contributed by atoms with van der Waals surface area (Å²) in [5, 5.41) is 7.42. The van der Waals surface area contributed by atoms with Gasteiger partial charge in [-0.1, -0.05) is 0 Å². The Kier molecular flexibility index (Phi) is 6.10. The molecule has 0 saturated carbocycles. The van der Waals surface area contributed by atoms with Crippen molar-refractivity contribution in [3.63, 3.8) is 0 Å². The van der Waals surface area contributed by atoms with Crippen LogP contribution in [0.2, 0.25) is 0 Å². The Labute approximate surface area is 123 Å². The molecule has 1 N–H and O–H groups in total. The van der Waals surface area contributed by atoms with Gasteiger partial charge >= 0.3 is 0 Å². The smallest absolute Gasteiger partial charge is 0.127 e. The lowest BCUT2D eigenvalue weighted by Crippen LogP contribution is -2.15. The summed E-state index contributed by atoms with van der Waals surface area (Å²) >= 11 is 0. The van der Waals surface area contributed by atoms with E-state index in [9.17, 15) is 8.78 Å². The van der Waals surface area contributed by atoms with Crippen LogP contribution in [0.4, 0.5) is 8.78 Å². The maximum absolute atomic E-state index is 13.4. The van der Waals surface area contributed by atoms with Gasteiger partial charge in [0.05, 0.1) is 5.69 Å². The Hall–Kier alpha value is -1.46. The van der Waals surface area contributed by atoms with E-state index in [0.717, 1.165) is 17.8 Å². The molecule has 1 aromatic heterocycles. The van der Waals surface area contributed by atoms with Crippen LogP contribution in [0.3, 0.4) is 0 Å². The number of hydrogen-bond acceptors (Lipinski definition) is 2. The number of halogens is 3. The molecule has 0 amide bonds. The largest absolute Gasteiger partial charge is 0.307 e. The van der Waals surface area contributed by atoms with Crippen molar-refractivity contribution in [1.29, 1.82) is 0 Å². The van der Waals surface area contributed by atoms with Gasteiger partial charge < -0.3 is 5.32 Å². The van der Waals surface area contributed by atoms with Gasteiger partial charge in [0.1, 0.15) is 11.6 Å². The zero-order chi connectivity index (χ0) is 13.8. The predicted molar refractivity (Wildman–Crippen MR) is 76.8 cm³/mol. The summed E-state index contributed by atoms with van der Waals surface area (Å²) in [6.45, 7) is 4.90. The fourth-order valence-corrected chi connectivity index (χ4v) is 1.76. The molecule has 0 aliphatic heterocycles. The topological polar surface area (TPSA) is 29.9 Å². The number of benzene rings is 1. The molecular formula is C14H18ClF2N3. The molecular weight excluding hydrogens is 284 g/mol. The minimum atomic E-state index is -0.428. The Morgan fingerprint density at radius 2 is 1.95 bits per heavy atom. The van der Waals surface area contributed by atoms with Crippen LogP contribution in [0.1, 0.15) is 31.1 Å². The molecule has 1 aromatic carbocycles. The summed E-state index contributed by atoms with van der Waals surface area (Å²) < 4.78 is 28.2. The molecule has 1 heterocycles. The monoisotopic (exact) mass is 301 g/mol. The highest BCUT2D eigenvalue weighted by atomic mass is 35.5. The third-order valence-electron chi connectivity index (χ3n) is 2.82. The van der Waals surface area contributed by atoms with E-state index in [0.29, 0.717) is 18.2 Å². The first-order valence-electron chi connectivity index (χ1n) is 6.25. The Bertz CT molecular complexity index is 555. The maximum atomic E-state index is 13.4. The van der Waals surface area contributed by atoms with Gasteiger partial charge in [-0.3, -0.25) is 4.68 Å². The molecule has 0 aliphatic rings. The minimum Gasteiger partial charge on any atom is -0.307 e. The molecule has 20 heavy (non-hydrogen) atoms. The van der Waals surface area contributed by atoms with Gasteiger partial charge in [0.25, 0.3) is 0 Å². The first kappa shape index (κ1) is 16.6. The van der Waals surface area contributed by atoms with Gasteiger partial charge in [-0.05, 0) is 38.1 Å². The van der Waals surface area contributed by atoms with E-state index in [1.165, 1.54) is 6.07 Å². The van der Waals surface area contributed by atoms with E-state index in [1.807, 2.05) is 30.8 Å². The quantitative estimate of drug-likeness (QED) is 0.916. The SMILES string of the molecule is CC(C)n1ccc(CNCc2cc(F)ccc2F)n1.Cl. The fourth-order valence-electron chi connectivity index (χ4n) is 1.76. The third kappa shape index (κ3) is 4.28. The molecule has 0 spiro atoms. The Morgan fingerprint density at radius 1 is 1.20 bits per heavy atom. The average molecular weight is 302 g/mol. The minimum absolute atomic E-state index is 0. The second-order valence-electron chi connectivity index (χ2n) is 4.72. The highest BCUT2D eigenvalue weighted by Gasteiger charge is 2.05. The van der Waals surface area contributed by atoms with E-state index in [-0.39, 0.29) is 19.0 Å². The van der Waals surface area contributed by atoms with Crippen LogP contribution in [0.15, 0.2) is 30.5 Å². The van der Waals surface area contributed by atoms with Crippen LogP contribution < -0.4 is 5.32 Å². The Balaban J connectivity index is 0.00000200. The summed E-state index contributed by atoms with van der Waals surface area (Å²) in [6.07, 6.45) is 1.91. The molecule has 2 aromatic rings. The summed E-state index contributed by atoms with van der Waals surface area (Å²) in [6, 6.07) is 5.68. The summed E-state index contributed by atoms with van der Waals surface area (Å²) in [5.41, 5.74) is 1.20. The van der Waals surface area contributed by atoms with E-state index in [4.69, 9.17) is 0 Å². The van der Waals surface area contributed by atoms with Gasteiger partial charge in [0, 0.05) is 30.9 Å². The van der Waals surface area contributed by atoms with Crippen LogP contribution in [0, 0.1) is 11.6 Å². The molecule has 110 valence electrons. The van der Waals surface area contributed by atoms with Gasteiger partial charge in [-0.15, -0.1) is 12.4 Å². The van der Waals surface area contributed by atoms with E-state index >= 15 is 0 Å². The van der Waals surface area contributed by atoms with E-state index < -0.39 is 11.6 Å². The van der Waals surface area contributed by atoms with Gasteiger partial charge in [-0.2, -0.15) is 5.10 Å². The molecule has 0 atom stereocenters. The Morgan fingerprint density at radius 3 is 2.60 bits per heavy atom. The predicted octanol–water partition coefficient (Wildman–Crippen LogP) is 3.45. The van der Waals surface area contributed by atoms with Crippen molar-refractivity contribution < 1.29 is 8.78 Å². The van der Waals surface area contributed by atoms with Crippen LogP contribution in [-0.2, 0) is 13.1 Å². The van der Waals surface area contributed by atoms with Crippen molar-refractivity contribution in [1.82, 2.24) is 15.1 Å². The maximum Gasteiger partial charge on any atom is 0.127 e. The molecule has 0 saturated heterocycles. The van der Waals surface area contributed by atoms with E-state index in [1.54, 1.807) is 0 Å². The summed E-state index contributed by atoms with van der Waals surface area (Å²) in [4.78, 5) is 0. The molecule has 6 heteroatoms. The van der Waals surface area contributed by atoms with Crippen molar-refractivity contribution in [3.05, 3.63) is 53.4 Å². The lowest BCUT2D eigenvalue weighted by molar-refractivity contribution is 0.519. The average Bonchev–Trinajstić information content (AvgIpc) is 2.82. The molecule has 0 unspecified atom stereocenters. The van der Waals surface area contributed by atoms with Crippen molar-refractivity contribution in [3.8, 4) is 0 Å². The van der Waals surface area contributed by atoms with Gasteiger partial charge in [-0.25, -0.2) is 8.78 Å². The zero-order valence-electron chi connectivity index (χ0n) is 11.4. The fraction of sp³-hybridized carbons (Fsp3) is 0.357. The molecule has 3 nitrogen and oxygen atoms in total. The first-order chi connectivity index (χ1) is 9.06. The van der Waals surface area contributed by atoms with E-state index in [2.05, 4.69) is 10.4 Å². The molecule has 2 rings (SSSR count). The van der Waals surface area contributed by atoms with Crippen molar-refractivity contribution >= 4 is 12.4 Å². The molecule has 0 fully saturated rings. The standard InChI is InChI=1S/C14H17F2N3.ClH/c1-10(2)19-6-5-13(18-19)9-17-8-11-7-12(15)3-4-14(11)16;/h3-7,10,17H,8-9H2,1-2H3;1H. The summed E-state index contributed by atoms with van der Waals surface area (Å²) in [7, 11) is 0. The highest BCUT2D eigenvalue weighted by Crippen LogP contribution is 2.10. The van der Waals surface area contributed by atoms with Gasteiger partial charge in [0.2, 0.25) is 0 Å². The number of nitrogens with one attached hydrogen (secondary N) is 1. The first-order valence-corrected chi connectivity index (χ1v) is 6.25. The number of nitrogens with zero attached hydrogens (tertiary/aromatic N) is 2. The zero-order valence-corrected chi connectivity index (χ0v) is 12.3. The number of hydrogen-bond donors (Lipinski definition) is 1. The third-order valence-corrected chi connectivity index (χ3v) is 2.82. The normalized spacial score (nSPS) is 10.7. The van der Waals surface area contributed by atoms with Crippen molar-refractivity contribution in [2.24, 2.45) is 0 Å². The molecule has 0 radical (unpaired) electrons. The number of aromatic nitrogens is 2. The molecule has 0 bridgehead atoms. The second-order valence-corrected chi connectivity index (χ2v) is 4.72. The van der Waals surface area contributed by atoms with Crippen LogP contribution >= 0.6 is 12.4 Å². The number of rotatable bonds is 5. The lowest BCUT2D eigenvalue weighted by atomic mass is 10.2. The van der Waals surface area contributed by atoms with Crippen molar-refractivity contribution in [2.45, 2.75) is 33.0 Å². The second kappa shape index (κ2) is 7.36. The molecule has 0 aliphatic carbocycles. The van der Waals surface area contributed by atoms with Crippen LogP contribution in [0.25, 0.3) is 0 Å². The van der Waals surface area contributed by atoms with Gasteiger partial charge in [0.15, 0.2) is 0 Å². The van der Waals surface area contributed by atoms with Crippen LogP contribution in [0.5, 0.6) is 0 Å². The summed E-state index contributed by atoms with van der Waals surface area (Å²) in [5.74, 6) is -0.830.